The molecule has 20 heavy (non-hydrogen) atoms. The highest BCUT2D eigenvalue weighted by Gasteiger charge is 2.40. The maximum absolute atomic E-state index is 11.7. The monoisotopic (exact) mass is 297 g/mol. The molecule has 1 aliphatic carbocycles. The first-order chi connectivity index (χ1) is 9.45. The van der Waals surface area contributed by atoms with Crippen molar-refractivity contribution in [2.45, 2.75) is 36.3 Å². The molecule has 0 aromatic heterocycles. The normalized spacial score (nSPS) is 26.6. The number of primary sulfonamides is 1. The highest BCUT2D eigenvalue weighted by molar-refractivity contribution is 7.89. The molecule has 0 bridgehead atoms. The molecule has 1 aliphatic heterocycles. The molecule has 2 unspecified atom stereocenters. The van der Waals surface area contributed by atoms with Crippen LogP contribution in [-0.2, 0) is 14.8 Å². The molecular formula is C13H19N3O3S. The van der Waals surface area contributed by atoms with E-state index < -0.39 is 10.0 Å². The van der Waals surface area contributed by atoms with Gasteiger partial charge in [-0.1, -0.05) is 0 Å². The second kappa shape index (κ2) is 4.91. The number of hydrogen-bond acceptors (Lipinski definition) is 5. The lowest BCUT2D eigenvalue weighted by Gasteiger charge is -2.22. The smallest absolute Gasteiger partial charge is 0.240 e. The highest BCUT2D eigenvalue weighted by Crippen LogP contribution is 2.40. The van der Waals surface area contributed by atoms with Gasteiger partial charge in [0.2, 0.25) is 10.0 Å². The zero-order valence-electron chi connectivity index (χ0n) is 11.1. The Hall–Kier alpha value is -1.31. The average molecular weight is 297 g/mol. The van der Waals surface area contributed by atoms with Crippen molar-refractivity contribution < 1.29 is 13.2 Å². The molecule has 2 aliphatic rings. The van der Waals surface area contributed by atoms with Gasteiger partial charge in [0.25, 0.3) is 0 Å². The van der Waals surface area contributed by atoms with Gasteiger partial charge in [-0.25, -0.2) is 13.6 Å². The summed E-state index contributed by atoms with van der Waals surface area (Å²) in [7, 11) is -3.80. The largest absolute Gasteiger partial charge is 0.399 e. The summed E-state index contributed by atoms with van der Waals surface area (Å²) >= 11 is 0. The third-order valence-corrected chi connectivity index (χ3v) is 4.83. The third kappa shape index (κ3) is 2.74. The van der Waals surface area contributed by atoms with Gasteiger partial charge in [0, 0.05) is 12.3 Å². The topological polar surface area (TPSA) is 107 Å². The van der Waals surface area contributed by atoms with Gasteiger partial charge in [0.05, 0.1) is 17.8 Å². The van der Waals surface area contributed by atoms with Crippen molar-refractivity contribution in [1.82, 2.24) is 0 Å². The van der Waals surface area contributed by atoms with Crippen LogP contribution in [0.15, 0.2) is 23.1 Å². The molecule has 0 radical (unpaired) electrons. The van der Waals surface area contributed by atoms with Gasteiger partial charge in [-0.2, -0.15) is 0 Å². The van der Waals surface area contributed by atoms with Gasteiger partial charge in [-0.15, -0.1) is 0 Å². The Kier molecular flexibility index (Phi) is 3.35. The van der Waals surface area contributed by atoms with Crippen LogP contribution in [0.2, 0.25) is 0 Å². The maximum atomic E-state index is 11.7. The van der Waals surface area contributed by atoms with Crippen LogP contribution in [-0.4, -0.2) is 27.2 Å². The summed E-state index contributed by atoms with van der Waals surface area (Å²) < 4.78 is 29.1. The number of ether oxygens (including phenoxy) is 1. The van der Waals surface area contributed by atoms with Crippen LogP contribution in [0.5, 0.6) is 0 Å². The fraction of sp³-hybridized carbons (Fsp3) is 0.538. The first-order valence-corrected chi connectivity index (χ1v) is 8.30. The molecule has 6 nitrogen and oxygen atoms in total. The van der Waals surface area contributed by atoms with E-state index in [1.54, 1.807) is 12.1 Å². The number of nitrogen functional groups attached to an aromatic ring is 1. The van der Waals surface area contributed by atoms with E-state index in [4.69, 9.17) is 15.6 Å². The van der Waals surface area contributed by atoms with Gasteiger partial charge >= 0.3 is 0 Å². The molecule has 0 spiro atoms. The Balaban J connectivity index is 1.87. The Bertz CT molecular complexity index is 613. The van der Waals surface area contributed by atoms with E-state index in [9.17, 15) is 8.42 Å². The molecule has 1 heterocycles. The van der Waals surface area contributed by atoms with Crippen molar-refractivity contribution in [3.8, 4) is 0 Å². The predicted molar refractivity (Wildman–Crippen MR) is 76.7 cm³/mol. The van der Waals surface area contributed by atoms with Gasteiger partial charge in [0.15, 0.2) is 0 Å². The lowest BCUT2D eigenvalue weighted by molar-refractivity contribution is 0.0898. The summed E-state index contributed by atoms with van der Waals surface area (Å²) in [5.41, 5.74) is 6.52. The molecule has 5 N–H and O–H groups in total. The quantitative estimate of drug-likeness (QED) is 0.716. The molecule has 0 amide bonds. The summed E-state index contributed by atoms with van der Waals surface area (Å²) in [6, 6.07) is 4.85. The first kappa shape index (κ1) is 13.7. The molecule has 7 heteroatoms. The van der Waals surface area contributed by atoms with E-state index in [1.807, 2.05) is 0 Å². The van der Waals surface area contributed by atoms with Gasteiger partial charge in [-0.3, -0.25) is 0 Å². The minimum Gasteiger partial charge on any atom is -0.399 e. The Morgan fingerprint density at radius 1 is 1.25 bits per heavy atom. The fourth-order valence-corrected chi connectivity index (χ4v) is 3.48. The highest BCUT2D eigenvalue weighted by atomic mass is 32.2. The molecule has 1 aromatic rings. The van der Waals surface area contributed by atoms with E-state index in [0.717, 1.165) is 6.42 Å². The molecule has 3 rings (SSSR count). The van der Waals surface area contributed by atoms with E-state index in [2.05, 4.69) is 5.32 Å². The van der Waals surface area contributed by atoms with Crippen molar-refractivity contribution >= 4 is 21.4 Å². The summed E-state index contributed by atoms with van der Waals surface area (Å²) in [6.45, 7) is 0.707. The van der Waals surface area contributed by atoms with Crippen LogP contribution >= 0.6 is 0 Å². The summed E-state index contributed by atoms with van der Waals surface area (Å²) in [6.07, 6.45) is 3.41. The Labute approximate surface area is 118 Å². The van der Waals surface area contributed by atoms with E-state index in [-0.39, 0.29) is 17.0 Å². The van der Waals surface area contributed by atoms with Gasteiger partial charge in [0.1, 0.15) is 4.90 Å². The number of rotatable bonds is 4. The third-order valence-electron chi connectivity index (χ3n) is 3.88. The van der Waals surface area contributed by atoms with Crippen molar-refractivity contribution in [3.05, 3.63) is 18.2 Å². The number of hydrogen-bond donors (Lipinski definition) is 3. The maximum Gasteiger partial charge on any atom is 0.240 e. The van der Waals surface area contributed by atoms with Crippen molar-refractivity contribution in [1.29, 1.82) is 0 Å². The number of sulfonamides is 1. The van der Waals surface area contributed by atoms with Crippen LogP contribution in [0.4, 0.5) is 11.4 Å². The lowest BCUT2D eigenvalue weighted by Crippen LogP contribution is -2.31. The van der Waals surface area contributed by atoms with Crippen molar-refractivity contribution in [3.63, 3.8) is 0 Å². The summed E-state index contributed by atoms with van der Waals surface area (Å²) in [4.78, 5) is 0.0407. The minimum atomic E-state index is -3.80. The zero-order chi connectivity index (χ0) is 14.3. The fourth-order valence-electron chi connectivity index (χ4n) is 2.75. The van der Waals surface area contributed by atoms with Crippen molar-refractivity contribution in [2.24, 2.45) is 11.1 Å². The number of benzene rings is 1. The van der Waals surface area contributed by atoms with E-state index in [1.165, 1.54) is 18.9 Å². The minimum absolute atomic E-state index is 0.0407. The Morgan fingerprint density at radius 3 is 2.65 bits per heavy atom. The number of nitrogens with one attached hydrogen (secondary N) is 1. The van der Waals surface area contributed by atoms with Crippen LogP contribution in [0.1, 0.15) is 19.3 Å². The predicted octanol–water partition coefficient (Wildman–Crippen LogP) is 0.896. The van der Waals surface area contributed by atoms with Gasteiger partial charge in [-0.05, 0) is 43.4 Å². The molecule has 2 atom stereocenters. The molecule has 1 aromatic carbocycles. The first-order valence-electron chi connectivity index (χ1n) is 6.75. The Morgan fingerprint density at radius 2 is 2.00 bits per heavy atom. The van der Waals surface area contributed by atoms with Gasteiger partial charge < -0.3 is 15.8 Å². The van der Waals surface area contributed by atoms with E-state index >= 15 is 0 Å². The number of nitrogens with two attached hydrogens (primary N) is 2. The average Bonchev–Trinajstić information content (AvgIpc) is 3.11. The van der Waals surface area contributed by atoms with Crippen LogP contribution in [0, 0.1) is 5.92 Å². The molecule has 1 saturated heterocycles. The number of anilines is 2. The summed E-state index contributed by atoms with van der Waals surface area (Å²) in [5.74, 6) is 0.599. The molecular weight excluding hydrogens is 278 g/mol. The SMILES string of the molecule is Nc1ccc(NC2CCOC2C2CC2)c(S(N)(=O)=O)c1. The zero-order valence-corrected chi connectivity index (χ0v) is 11.9. The van der Waals surface area contributed by atoms with Crippen molar-refractivity contribution in [2.75, 3.05) is 17.7 Å². The summed E-state index contributed by atoms with van der Waals surface area (Å²) in [5, 5.41) is 8.53. The molecule has 2 fully saturated rings. The van der Waals surface area contributed by atoms with Crippen LogP contribution in [0.25, 0.3) is 0 Å². The van der Waals surface area contributed by atoms with Crippen LogP contribution < -0.4 is 16.2 Å². The standard InChI is InChI=1S/C13H19N3O3S/c14-9-3-4-10(12(7-9)20(15,17)18)16-11-5-6-19-13(11)8-1-2-8/h3-4,7-8,11,13,16H,1-2,5-6,14H2,(H2,15,17,18). The van der Waals surface area contributed by atoms with E-state index in [0.29, 0.717) is 23.9 Å². The molecule has 1 saturated carbocycles. The second-order valence-electron chi connectivity index (χ2n) is 5.51. The second-order valence-corrected chi connectivity index (χ2v) is 7.04. The lowest BCUT2D eigenvalue weighted by atomic mass is 10.1. The molecule has 110 valence electrons. The van der Waals surface area contributed by atoms with Crippen LogP contribution in [0.3, 0.4) is 0 Å².